The molecule has 0 aliphatic rings. The highest BCUT2D eigenvalue weighted by atomic mass is 32.1. The van der Waals surface area contributed by atoms with Gasteiger partial charge in [0.25, 0.3) is 0 Å². The Morgan fingerprint density at radius 2 is 2.22 bits per heavy atom. The zero-order valence-electron chi connectivity index (χ0n) is 11.5. The Morgan fingerprint density at radius 1 is 1.44 bits per heavy atom. The fourth-order valence-corrected chi connectivity index (χ4v) is 2.71. The predicted molar refractivity (Wildman–Crippen MR) is 77.9 cm³/mol. The lowest BCUT2D eigenvalue weighted by Gasteiger charge is -2.17. The minimum atomic E-state index is 0.124. The van der Waals surface area contributed by atoms with Gasteiger partial charge in [0.15, 0.2) is 0 Å². The van der Waals surface area contributed by atoms with Crippen LogP contribution in [0.25, 0.3) is 0 Å². The van der Waals surface area contributed by atoms with Gasteiger partial charge in [-0.3, -0.25) is 4.79 Å². The van der Waals surface area contributed by atoms with E-state index in [9.17, 15) is 4.79 Å². The van der Waals surface area contributed by atoms with E-state index in [1.165, 1.54) is 4.88 Å². The third-order valence-corrected chi connectivity index (χ3v) is 3.64. The Bertz CT molecular complexity index is 336. The molecule has 18 heavy (non-hydrogen) atoms. The van der Waals surface area contributed by atoms with Crippen molar-refractivity contribution in [3.63, 3.8) is 0 Å². The topological polar surface area (TPSA) is 41.1 Å². The highest BCUT2D eigenvalue weighted by Gasteiger charge is 2.11. The molecule has 1 heterocycles. The van der Waals surface area contributed by atoms with Gasteiger partial charge in [0.1, 0.15) is 0 Å². The van der Waals surface area contributed by atoms with Gasteiger partial charge in [0.2, 0.25) is 5.91 Å². The molecule has 0 aliphatic heterocycles. The third-order valence-electron chi connectivity index (χ3n) is 2.66. The van der Waals surface area contributed by atoms with Crippen molar-refractivity contribution in [2.45, 2.75) is 52.1 Å². The van der Waals surface area contributed by atoms with Crippen LogP contribution in [0.5, 0.6) is 0 Å². The quantitative estimate of drug-likeness (QED) is 0.760. The number of hydrogen-bond donors (Lipinski definition) is 2. The summed E-state index contributed by atoms with van der Waals surface area (Å²) in [6.07, 6.45) is 2.81. The highest BCUT2D eigenvalue weighted by molar-refractivity contribution is 7.10. The largest absolute Gasteiger partial charge is 0.354 e. The first-order chi connectivity index (χ1) is 8.63. The zero-order valence-corrected chi connectivity index (χ0v) is 12.3. The number of carbonyl (C=O) groups is 1. The van der Waals surface area contributed by atoms with E-state index in [1.807, 2.05) is 13.8 Å². The first-order valence-corrected chi connectivity index (χ1v) is 7.57. The molecule has 0 aliphatic carbocycles. The van der Waals surface area contributed by atoms with Gasteiger partial charge in [-0.2, -0.15) is 0 Å². The summed E-state index contributed by atoms with van der Waals surface area (Å²) in [6, 6.07) is 4.85. The number of hydrogen-bond acceptors (Lipinski definition) is 3. The molecule has 1 atom stereocenters. The van der Waals surface area contributed by atoms with Crippen molar-refractivity contribution >= 4 is 17.2 Å². The van der Waals surface area contributed by atoms with Crippen LogP contribution in [0.4, 0.5) is 0 Å². The Balaban J connectivity index is 2.32. The maximum atomic E-state index is 11.5. The molecule has 0 saturated carbocycles. The monoisotopic (exact) mass is 268 g/mol. The minimum absolute atomic E-state index is 0.124. The van der Waals surface area contributed by atoms with E-state index in [4.69, 9.17) is 0 Å². The molecule has 0 spiro atoms. The van der Waals surface area contributed by atoms with Crippen molar-refractivity contribution in [1.29, 1.82) is 0 Å². The Kier molecular flexibility index (Phi) is 6.98. The van der Waals surface area contributed by atoms with Crippen LogP contribution in [-0.4, -0.2) is 18.5 Å². The normalized spacial score (nSPS) is 12.7. The average molecular weight is 268 g/mol. The summed E-state index contributed by atoms with van der Waals surface area (Å²) in [7, 11) is 0. The first-order valence-electron chi connectivity index (χ1n) is 6.69. The second kappa shape index (κ2) is 8.27. The molecule has 1 unspecified atom stereocenters. The van der Waals surface area contributed by atoms with E-state index in [2.05, 4.69) is 35.1 Å². The lowest BCUT2D eigenvalue weighted by molar-refractivity contribution is -0.121. The molecule has 1 amide bonds. The summed E-state index contributed by atoms with van der Waals surface area (Å²) < 4.78 is 0. The zero-order chi connectivity index (χ0) is 13.4. The smallest absolute Gasteiger partial charge is 0.221 e. The molecule has 102 valence electrons. The van der Waals surface area contributed by atoms with Crippen LogP contribution in [-0.2, 0) is 4.79 Å². The maximum Gasteiger partial charge on any atom is 0.221 e. The summed E-state index contributed by atoms with van der Waals surface area (Å²) >= 11 is 1.78. The third kappa shape index (κ3) is 5.65. The van der Waals surface area contributed by atoms with Gasteiger partial charge >= 0.3 is 0 Å². The van der Waals surface area contributed by atoms with Crippen LogP contribution in [0.15, 0.2) is 17.5 Å². The summed E-state index contributed by atoms with van der Waals surface area (Å²) in [4.78, 5) is 12.9. The Labute approximate surface area is 114 Å². The van der Waals surface area contributed by atoms with Crippen molar-refractivity contribution < 1.29 is 4.79 Å². The van der Waals surface area contributed by atoms with E-state index >= 15 is 0 Å². The van der Waals surface area contributed by atoms with E-state index in [0.717, 1.165) is 19.4 Å². The molecule has 1 aromatic heterocycles. The van der Waals surface area contributed by atoms with Crippen molar-refractivity contribution in [2.24, 2.45) is 0 Å². The molecule has 0 fully saturated rings. The van der Waals surface area contributed by atoms with Crippen LogP contribution in [0.2, 0.25) is 0 Å². The molecule has 0 saturated heterocycles. The Hall–Kier alpha value is -0.870. The van der Waals surface area contributed by atoms with Crippen LogP contribution in [0.3, 0.4) is 0 Å². The highest BCUT2D eigenvalue weighted by Crippen LogP contribution is 2.22. The standard InChI is InChI=1S/C14H24N2OS/c1-4-6-12(13-7-5-10-18-13)15-9-8-14(17)16-11(2)3/h5,7,10-12,15H,4,6,8-9H2,1-3H3,(H,16,17). The van der Waals surface area contributed by atoms with Crippen molar-refractivity contribution in [3.05, 3.63) is 22.4 Å². The molecule has 1 aromatic rings. The van der Waals surface area contributed by atoms with Crippen LogP contribution in [0, 0.1) is 0 Å². The molecule has 4 heteroatoms. The van der Waals surface area contributed by atoms with Crippen LogP contribution in [0.1, 0.15) is 51.0 Å². The molecule has 1 rings (SSSR count). The average Bonchev–Trinajstić information content (AvgIpc) is 2.80. The number of rotatable bonds is 8. The number of nitrogens with one attached hydrogen (secondary N) is 2. The van der Waals surface area contributed by atoms with Gasteiger partial charge < -0.3 is 10.6 Å². The van der Waals surface area contributed by atoms with Crippen LogP contribution >= 0.6 is 11.3 Å². The van der Waals surface area contributed by atoms with Crippen molar-refractivity contribution in [2.75, 3.05) is 6.54 Å². The van der Waals surface area contributed by atoms with E-state index in [-0.39, 0.29) is 11.9 Å². The fourth-order valence-electron chi connectivity index (χ4n) is 1.88. The van der Waals surface area contributed by atoms with E-state index in [1.54, 1.807) is 11.3 Å². The fraction of sp³-hybridized carbons (Fsp3) is 0.643. The number of thiophene rings is 1. The van der Waals surface area contributed by atoms with Gasteiger partial charge in [-0.1, -0.05) is 19.4 Å². The molecular weight excluding hydrogens is 244 g/mol. The molecule has 0 aromatic carbocycles. The van der Waals surface area contributed by atoms with Gasteiger partial charge in [0.05, 0.1) is 0 Å². The molecular formula is C14H24N2OS. The lowest BCUT2D eigenvalue weighted by Crippen LogP contribution is -2.33. The van der Waals surface area contributed by atoms with E-state index in [0.29, 0.717) is 12.5 Å². The summed E-state index contributed by atoms with van der Waals surface area (Å²) in [6.45, 7) is 6.89. The summed E-state index contributed by atoms with van der Waals surface area (Å²) in [5.41, 5.74) is 0. The number of amides is 1. The maximum absolute atomic E-state index is 11.5. The summed E-state index contributed by atoms with van der Waals surface area (Å²) in [5.74, 6) is 0.124. The predicted octanol–water partition coefficient (Wildman–Crippen LogP) is 3.09. The molecule has 2 N–H and O–H groups in total. The minimum Gasteiger partial charge on any atom is -0.354 e. The lowest BCUT2D eigenvalue weighted by atomic mass is 10.1. The Morgan fingerprint density at radius 3 is 2.78 bits per heavy atom. The first kappa shape index (κ1) is 15.2. The summed E-state index contributed by atoms with van der Waals surface area (Å²) in [5, 5.41) is 8.49. The van der Waals surface area contributed by atoms with Crippen LogP contribution < -0.4 is 10.6 Å². The van der Waals surface area contributed by atoms with Crippen molar-refractivity contribution in [3.8, 4) is 0 Å². The van der Waals surface area contributed by atoms with Gasteiger partial charge in [-0.25, -0.2) is 0 Å². The second-order valence-corrected chi connectivity index (χ2v) is 5.76. The number of carbonyl (C=O) groups excluding carboxylic acids is 1. The van der Waals surface area contributed by atoms with Gasteiger partial charge in [0, 0.05) is 29.9 Å². The van der Waals surface area contributed by atoms with Gasteiger partial charge in [-0.05, 0) is 31.7 Å². The SMILES string of the molecule is CCCC(NCCC(=O)NC(C)C)c1cccs1. The van der Waals surface area contributed by atoms with Crippen molar-refractivity contribution in [1.82, 2.24) is 10.6 Å². The molecule has 3 nitrogen and oxygen atoms in total. The second-order valence-electron chi connectivity index (χ2n) is 4.78. The molecule has 0 radical (unpaired) electrons. The molecule has 0 bridgehead atoms. The van der Waals surface area contributed by atoms with Gasteiger partial charge in [-0.15, -0.1) is 11.3 Å². The van der Waals surface area contributed by atoms with E-state index < -0.39 is 0 Å².